The molecule has 0 saturated heterocycles. The Hall–Kier alpha value is -1.07. The average molecular weight is 404 g/mol. The number of ether oxygens (including phenoxy) is 2. The van der Waals surface area contributed by atoms with Crippen molar-refractivity contribution in [1.82, 2.24) is 0 Å². The number of halogens is 3. The SMILES string of the molecule is COc1ccc(C(Br)c2ccc(Br)cc2F)c(OC)c1. The van der Waals surface area contributed by atoms with Crippen LogP contribution in [0, 0.1) is 5.82 Å². The molecule has 0 aliphatic carbocycles. The van der Waals surface area contributed by atoms with Crippen LogP contribution in [0.15, 0.2) is 40.9 Å². The summed E-state index contributed by atoms with van der Waals surface area (Å²) in [4.78, 5) is -0.295. The highest BCUT2D eigenvalue weighted by Gasteiger charge is 2.19. The highest BCUT2D eigenvalue weighted by atomic mass is 79.9. The molecule has 0 bridgehead atoms. The molecule has 5 heteroatoms. The van der Waals surface area contributed by atoms with Crippen molar-refractivity contribution in [3.8, 4) is 11.5 Å². The summed E-state index contributed by atoms with van der Waals surface area (Å²) in [7, 11) is 3.17. The largest absolute Gasteiger partial charge is 0.497 e. The summed E-state index contributed by atoms with van der Waals surface area (Å²) in [5, 5.41) is 0. The monoisotopic (exact) mass is 402 g/mol. The van der Waals surface area contributed by atoms with Crippen molar-refractivity contribution in [3.05, 3.63) is 57.8 Å². The molecule has 2 aromatic rings. The zero-order valence-corrected chi connectivity index (χ0v) is 14.2. The molecule has 0 aliphatic rings. The molecule has 0 radical (unpaired) electrons. The van der Waals surface area contributed by atoms with Crippen LogP contribution >= 0.6 is 31.9 Å². The molecule has 2 rings (SSSR count). The van der Waals surface area contributed by atoms with Crippen LogP contribution in [-0.2, 0) is 0 Å². The molecule has 0 heterocycles. The Morgan fingerprint density at radius 2 is 1.70 bits per heavy atom. The number of methoxy groups -OCH3 is 2. The summed E-state index contributed by atoms with van der Waals surface area (Å²) in [6, 6.07) is 10.5. The Morgan fingerprint density at radius 3 is 2.30 bits per heavy atom. The van der Waals surface area contributed by atoms with Crippen molar-refractivity contribution in [2.75, 3.05) is 14.2 Å². The maximum Gasteiger partial charge on any atom is 0.129 e. The normalized spacial score (nSPS) is 12.1. The minimum absolute atomic E-state index is 0.279. The first-order chi connectivity index (χ1) is 9.56. The van der Waals surface area contributed by atoms with E-state index in [1.54, 1.807) is 26.4 Å². The topological polar surface area (TPSA) is 18.5 Å². The van der Waals surface area contributed by atoms with Crippen molar-refractivity contribution in [2.45, 2.75) is 4.83 Å². The van der Waals surface area contributed by atoms with Gasteiger partial charge in [-0.3, -0.25) is 0 Å². The molecule has 0 N–H and O–H groups in total. The summed E-state index contributed by atoms with van der Waals surface area (Å²) >= 11 is 6.78. The van der Waals surface area contributed by atoms with Gasteiger partial charge < -0.3 is 9.47 Å². The van der Waals surface area contributed by atoms with Gasteiger partial charge in [0.1, 0.15) is 17.3 Å². The van der Waals surface area contributed by atoms with E-state index in [0.29, 0.717) is 21.5 Å². The first kappa shape index (κ1) is 15.3. The molecular weight excluding hydrogens is 391 g/mol. The number of rotatable bonds is 4. The van der Waals surface area contributed by atoms with E-state index in [1.165, 1.54) is 6.07 Å². The highest BCUT2D eigenvalue weighted by Crippen LogP contribution is 2.39. The average Bonchev–Trinajstić information content (AvgIpc) is 2.46. The first-order valence-electron chi connectivity index (χ1n) is 5.87. The van der Waals surface area contributed by atoms with Gasteiger partial charge in [0.2, 0.25) is 0 Å². The second-order valence-electron chi connectivity index (χ2n) is 4.14. The third-order valence-corrected chi connectivity index (χ3v) is 4.43. The minimum atomic E-state index is -0.295. The first-order valence-corrected chi connectivity index (χ1v) is 7.58. The van der Waals surface area contributed by atoms with Crippen LogP contribution in [0.5, 0.6) is 11.5 Å². The van der Waals surface area contributed by atoms with E-state index >= 15 is 0 Å². The lowest BCUT2D eigenvalue weighted by Crippen LogP contribution is -2.00. The molecule has 0 aliphatic heterocycles. The van der Waals surface area contributed by atoms with E-state index in [0.717, 1.165) is 5.56 Å². The van der Waals surface area contributed by atoms with E-state index in [2.05, 4.69) is 31.9 Å². The van der Waals surface area contributed by atoms with Gasteiger partial charge in [0, 0.05) is 21.7 Å². The zero-order valence-electron chi connectivity index (χ0n) is 11.0. The van der Waals surface area contributed by atoms with Crippen molar-refractivity contribution < 1.29 is 13.9 Å². The smallest absolute Gasteiger partial charge is 0.129 e. The fraction of sp³-hybridized carbons (Fsp3) is 0.200. The van der Waals surface area contributed by atoms with Gasteiger partial charge in [0.05, 0.1) is 19.0 Å². The Kier molecular flexibility index (Phi) is 5.05. The number of benzene rings is 2. The van der Waals surface area contributed by atoms with Crippen molar-refractivity contribution in [1.29, 1.82) is 0 Å². The molecular formula is C15H13Br2FO2. The summed E-state index contributed by atoms with van der Waals surface area (Å²) in [5.41, 5.74) is 1.39. The van der Waals surface area contributed by atoms with Gasteiger partial charge in [-0.2, -0.15) is 0 Å². The van der Waals surface area contributed by atoms with Gasteiger partial charge in [-0.1, -0.05) is 44.0 Å². The molecule has 0 fully saturated rings. The highest BCUT2D eigenvalue weighted by molar-refractivity contribution is 9.10. The molecule has 0 aromatic heterocycles. The maximum absolute atomic E-state index is 14.0. The van der Waals surface area contributed by atoms with Crippen molar-refractivity contribution in [2.24, 2.45) is 0 Å². The lowest BCUT2D eigenvalue weighted by atomic mass is 10.0. The van der Waals surface area contributed by atoms with E-state index in [9.17, 15) is 4.39 Å². The molecule has 0 amide bonds. The third-order valence-electron chi connectivity index (χ3n) is 2.95. The molecule has 0 spiro atoms. The predicted octanol–water partition coefficient (Wildman–Crippen LogP) is 5.09. The van der Waals surface area contributed by atoms with Crippen LogP contribution in [0.25, 0.3) is 0 Å². The lowest BCUT2D eigenvalue weighted by molar-refractivity contribution is 0.391. The van der Waals surface area contributed by atoms with Crippen LogP contribution in [0.4, 0.5) is 4.39 Å². The summed E-state index contributed by atoms with van der Waals surface area (Å²) < 4.78 is 25.3. The second kappa shape index (κ2) is 6.59. The van der Waals surface area contributed by atoms with Crippen molar-refractivity contribution in [3.63, 3.8) is 0 Å². The number of hydrogen-bond acceptors (Lipinski definition) is 2. The number of hydrogen-bond donors (Lipinski definition) is 0. The van der Waals surface area contributed by atoms with Gasteiger partial charge in [-0.25, -0.2) is 4.39 Å². The van der Waals surface area contributed by atoms with E-state index < -0.39 is 0 Å². The molecule has 20 heavy (non-hydrogen) atoms. The zero-order chi connectivity index (χ0) is 14.7. The van der Waals surface area contributed by atoms with Crippen LogP contribution in [0.2, 0.25) is 0 Å². The lowest BCUT2D eigenvalue weighted by Gasteiger charge is -2.16. The quantitative estimate of drug-likeness (QED) is 0.662. The van der Waals surface area contributed by atoms with Gasteiger partial charge in [-0.15, -0.1) is 0 Å². The fourth-order valence-corrected chi connectivity index (χ4v) is 2.99. The Morgan fingerprint density at radius 1 is 1.00 bits per heavy atom. The molecule has 2 aromatic carbocycles. The molecule has 2 nitrogen and oxygen atoms in total. The molecule has 1 atom stereocenters. The van der Waals surface area contributed by atoms with Crippen LogP contribution in [0.3, 0.4) is 0 Å². The predicted molar refractivity (Wildman–Crippen MR) is 84.4 cm³/mol. The van der Waals surface area contributed by atoms with Gasteiger partial charge in [0.15, 0.2) is 0 Å². The molecule has 1 unspecified atom stereocenters. The fourth-order valence-electron chi connectivity index (χ4n) is 1.90. The maximum atomic E-state index is 14.0. The van der Waals surface area contributed by atoms with Gasteiger partial charge in [-0.05, 0) is 18.2 Å². The summed E-state index contributed by atoms with van der Waals surface area (Å²) in [6.07, 6.45) is 0. The number of alkyl halides is 1. The summed E-state index contributed by atoms with van der Waals surface area (Å²) in [6.45, 7) is 0. The Balaban J connectivity index is 2.44. The Bertz CT molecular complexity index is 617. The summed E-state index contributed by atoms with van der Waals surface area (Å²) in [5.74, 6) is 1.06. The van der Waals surface area contributed by atoms with Gasteiger partial charge in [0.25, 0.3) is 0 Å². The van der Waals surface area contributed by atoms with Gasteiger partial charge >= 0.3 is 0 Å². The van der Waals surface area contributed by atoms with E-state index in [-0.39, 0.29) is 10.6 Å². The van der Waals surface area contributed by atoms with E-state index in [4.69, 9.17) is 9.47 Å². The second-order valence-corrected chi connectivity index (χ2v) is 5.97. The van der Waals surface area contributed by atoms with Crippen LogP contribution in [-0.4, -0.2) is 14.2 Å². The molecule has 0 saturated carbocycles. The Labute approximate surface area is 134 Å². The van der Waals surface area contributed by atoms with Crippen LogP contribution < -0.4 is 9.47 Å². The van der Waals surface area contributed by atoms with E-state index in [1.807, 2.05) is 18.2 Å². The van der Waals surface area contributed by atoms with Crippen molar-refractivity contribution >= 4 is 31.9 Å². The molecule has 106 valence electrons. The third kappa shape index (κ3) is 3.15. The minimum Gasteiger partial charge on any atom is -0.497 e. The van der Waals surface area contributed by atoms with Crippen LogP contribution in [0.1, 0.15) is 16.0 Å². The standard InChI is InChI=1S/C15H13Br2FO2/c1-19-10-4-6-12(14(8-10)20-2)15(17)11-5-3-9(16)7-13(11)18/h3-8,15H,1-2H3.